The van der Waals surface area contributed by atoms with Gasteiger partial charge in [0.2, 0.25) is 0 Å². The predicted molar refractivity (Wildman–Crippen MR) is 115 cm³/mol. The van der Waals surface area contributed by atoms with Crippen LogP contribution in [0.2, 0.25) is 0 Å². The van der Waals surface area contributed by atoms with E-state index in [2.05, 4.69) is 21.2 Å². The van der Waals surface area contributed by atoms with Gasteiger partial charge in [0.1, 0.15) is 18.1 Å². The molecule has 31 heavy (non-hydrogen) atoms. The number of fused-ring (bicyclic) bond motifs is 1. The number of carbonyl (C=O) groups excluding carboxylic acids is 2. The van der Waals surface area contributed by atoms with Crippen LogP contribution in [-0.4, -0.2) is 23.5 Å². The lowest BCUT2D eigenvalue weighted by Gasteiger charge is -2.08. The molecule has 0 radical (unpaired) electrons. The highest BCUT2D eigenvalue weighted by molar-refractivity contribution is 5.92. The lowest BCUT2D eigenvalue weighted by molar-refractivity contribution is 0.0904. The number of rotatable bonds is 7. The fourth-order valence-corrected chi connectivity index (χ4v) is 3.12. The van der Waals surface area contributed by atoms with E-state index < -0.39 is 11.9 Å². The van der Waals surface area contributed by atoms with Gasteiger partial charge in [0.25, 0.3) is 0 Å². The molecule has 4 N–H and O–H groups in total. The Labute approximate surface area is 178 Å². The van der Waals surface area contributed by atoms with Crippen molar-refractivity contribution in [2.45, 2.75) is 13.0 Å². The minimum Gasteiger partial charge on any atom is -0.486 e. The fraction of sp³-hybridized carbons (Fsp3) is 0.130. The number of hydrogen-bond acceptors (Lipinski definition) is 4. The molecule has 4 rings (SSSR count). The first-order valence-corrected chi connectivity index (χ1v) is 9.85. The van der Waals surface area contributed by atoms with Gasteiger partial charge in [-0.25, -0.2) is 10.2 Å². The number of urea groups is 1. The van der Waals surface area contributed by atoms with E-state index in [9.17, 15) is 9.59 Å². The van der Waals surface area contributed by atoms with Gasteiger partial charge >= 0.3 is 11.9 Å². The summed E-state index contributed by atoms with van der Waals surface area (Å²) in [4.78, 5) is 27.3. The van der Waals surface area contributed by atoms with Crippen molar-refractivity contribution in [1.29, 1.82) is 0 Å². The number of nitrogens with one attached hydrogen (secondary N) is 4. The molecular formula is C23H22N4O4. The fourth-order valence-electron chi connectivity index (χ4n) is 3.12. The van der Waals surface area contributed by atoms with Gasteiger partial charge in [-0.1, -0.05) is 36.4 Å². The van der Waals surface area contributed by atoms with Gasteiger partial charge in [-0.15, -0.1) is 0 Å². The molecule has 0 bridgehead atoms. The van der Waals surface area contributed by atoms with Crippen LogP contribution in [0.1, 0.15) is 21.9 Å². The molecule has 0 saturated heterocycles. The third-order valence-corrected chi connectivity index (χ3v) is 4.65. The van der Waals surface area contributed by atoms with Crippen molar-refractivity contribution < 1.29 is 18.7 Å². The van der Waals surface area contributed by atoms with Crippen molar-refractivity contribution in [2.24, 2.45) is 0 Å². The first-order chi connectivity index (χ1) is 15.2. The van der Waals surface area contributed by atoms with E-state index in [1.54, 1.807) is 6.07 Å². The SMILES string of the molecule is O=C(NCCc1c[nH]c2ccccc12)NNC(=O)c1ccc(COc2ccccc2)o1. The summed E-state index contributed by atoms with van der Waals surface area (Å²) in [5, 5.41) is 3.83. The summed E-state index contributed by atoms with van der Waals surface area (Å²) in [5.74, 6) is 0.719. The van der Waals surface area contributed by atoms with Crippen molar-refractivity contribution in [2.75, 3.05) is 6.54 Å². The molecule has 0 fully saturated rings. The topological polar surface area (TPSA) is 108 Å². The number of amides is 3. The van der Waals surface area contributed by atoms with Crippen molar-refractivity contribution in [1.82, 2.24) is 21.2 Å². The highest BCUT2D eigenvalue weighted by Crippen LogP contribution is 2.17. The van der Waals surface area contributed by atoms with Crippen LogP contribution < -0.4 is 20.9 Å². The molecule has 2 heterocycles. The van der Waals surface area contributed by atoms with Crippen LogP contribution in [-0.2, 0) is 13.0 Å². The van der Waals surface area contributed by atoms with Crippen LogP contribution in [0.25, 0.3) is 10.9 Å². The molecular weight excluding hydrogens is 396 g/mol. The summed E-state index contributed by atoms with van der Waals surface area (Å²) < 4.78 is 11.0. The van der Waals surface area contributed by atoms with E-state index in [1.165, 1.54) is 6.07 Å². The third kappa shape index (κ3) is 5.24. The van der Waals surface area contributed by atoms with Crippen molar-refractivity contribution in [3.8, 4) is 5.75 Å². The molecule has 0 spiro atoms. The number of hydrogen-bond donors (Lipinski definition) is 4. The molecule has 0 aliphatic carbocycles. The zero-order valence-electron chi connectivity index (χ0n) is 16.7. The number of benzene rings is 2. The molecule has 2 aromatic carbocycles. The monoisotopic (exact) mass is 418 g/mol. The Morgan fingerprint density at radius 1 is 0.935 bits per heavy atom. The number of furan rings is 1. The van der Waals surface area contributed by atoms with Crippen LogP contribution in [0.5, 0.6) is 5.75 Å². The van der Waals surface area contributed by atoms with Crippen molar-refractivity contribution >= 4 is 22.8 Å². The van der Waals surface area contributed by atoms with Crippen molar-refractivity contribution in [3.05, 3.63) is 90.0 Å². The molecule has 8 heteroatoms. The summed E-state index contributed by atoms with van der Waals surface area (Å²) in [6, 6.07) is 19.9. The number of carbonyl (C=O) groups is 2. The second kappa shape index (κ2) is 9.53. The molecule has 0 atom stereocenters. The van der Waals surface area contributed by atoms with Gasteiger partial charge in [0.05, 0.1) is 0 Å². The minimum atomic E-state index is -0.558. The van der Waals surface area contributed by atoms with Crippen LogP contribution in [0, 0.1) is 0 Å². The third-order valence-electron chi connectivity index (χ3n) is 4.65. The average Bonchev–Trinajstić information content (AvgIpc) is 3.44. The molecule has 4 aromatic rings. The highest BCUT2D eigenvalue weighted by atomic mass is 16.5. The lowest BCUT2D eigenvalue weighted by Crippen LogP contribution is -2.47. The minimum absolute atomic E-state index is 0.0748. The maximum atomic E-state index is 12.2. The zero-order chi connectivity index (χ0) is 21.5. The van der Waals surface area contributed by atoms with E-state index in [-0.39, 0.29) is 12.4 Å². The van der Waals surface area contributed by atoms with Crippen LogP contribution >= 0.6 is 0 Å². The van der Waals surface area contributed by atoms with Crippen LogP contribution in [0.15, 0.2) is 77.3 Å². The van der Waals surface area contributed by atoms with Crippen molar-refractivity contribution in [3.63, 3.8) is 0 Å². The molecule has 2 aromatic heterocycles. The lowest BCUT2D eigenvalue weighted by atomic mass is 10.1. The van der Waals surface area contributed by atoms with E-state index in [0.29, 0.717) is 24.5 Å². The molecule has 0 unspecified atom stereocenters. The van der Waals surface area contributed by atoms with E-state index in [1.807, 2.05) is 60.8 Å². The van der Waals surface area contributed by atoms with E-state index in [4.69, 9.17) is 9.15 Å². The Morgan fingerprint density at radius 2 is 1.74 bits per heavy atom. The summed E-state index contributed by atoms with van der Waals surface area (Å²) in [7, 11) is 0. The number of para-hydroxylation sites is 2. The average molecular weight is 418 g/mol. The number of H-pyrrole nitrogens is 1. The Hall–Kier alpha value is -4.20. The second-order valence-corrected chi connectivity index (χ2v) is 6.81. The Morgan fingerprint density at radius 3 is 2.61 bits per heavy atom. The Kier molecular flexibility index (Phi) is 6.18. The van der Waals surface area contributed by atoms with Gasteiger partial charge in [0, 0.05) is 23.6 Å². The summed E-state index contributed by atoms with van der Waals surface area (Å²) in [5.41, 5.74) is 6.80. The van der Waals surface area contributed by atoms with E-state index in [0.717, 1.165) is 16.5 Å². The summed E-state index contributed by atoms with van der Waals surface area (Å²) in [6.45, 7) is 0.615. The Balaban J connectivity index is 1.19. The first kappa shape index (κ1) is 20.1. The zero-order valence-corrected chi connectivity index (χ0v) is 16.7. The van der Waals surface area contributed by atoms with Crippen LogP contribution in [0.3, 0.4) is 0 Å². The predicted octanol–water partition coefficient (Wildman–Crippen LogP) is 3.53. The molecule has 3 amide bonds. The standard InChI is InChI=1S/C23H22N4O4/c28-22(21-11-10-18(31-21)15-30-17-6-2-1-3-7-17)26-27-23(29)24-13-12-16-14-25-20-9-5-4-8-19(16)20/h1-11,14,25H,12-13,15H2,(H,26,28)(H2,24,27,29). The second-order valence-electron chi connectivity index (χ2n) is 6.81. The van der Waals surface area contributed by atoms with E-state index >= 15 is 0 Å². The largest absolute Gasteiger partial charge is 0.486 e. The van der Waals surface area contributed by atoms with Crippen LogP contribution in [0.4, 0.5) is 4.79 Å². The summed E-state index contributed by atoms with van der Waals surface area (Å²) in [6.07, 6.45) is 2.59. The van der Waals surface area contributed by atoms with Gasteiger partial charge in [-0.3, -0.25) is 10.2 Å². The number of hydrazine groups is 1. The number of aromatic amines is 1. The van der Waals surface area contributed by atoms with Gasteiger partial charge in [0.15, 0.2) is 5.76 Å². The molecule has 0 aliphatic rings. The number of ether oxygens (including phenoxy) is 1. The molecule has 0 saturated carbocycles. The maximum Gasteiger partial charge on any atom is 0.333 e. The normalized spacial score (nSPS) is 10.6. The molecule has 158 valence electrons. The Bertz CT molecular complexity index is 1170. The quantitative estimate of drug-likeness (QED) is 0.344. The molecule has 0 aliphatic heterocycles. The summed E-state index contributed by atoms with van der Waals surface area (Å²) >= 11 is 0. The number of aromatic nitrogens is 1. The molecule has 8 nitrogen and oxygen atoms in total. The maximum absolute atomic E-state index is 12.2. The van der Waals surface area contributed by atoms with Gasteiger partial charge < -0.3 is 19.5 Å². The highest BCUT2D eigenvalue weighted by Gasteiger charge is 2.12. The van der Waals surface area contributed by atoms with Gasteiger partial charge in [-0.2, -0.15) is 0 Å². The first-order valence-electron chi connectivity index (χ1n) is 9.85. The smallest absolute Gasteiger partial charge is 0.333 e. The van der Waals surface area contributed by atoms with Gasteiger partial charge in [-0.05, 0) is 42.3 Å².